The van der Waals surface area contributed by atoms with Gasteiger partial charge in [0.05, 0.1) is 0 Å². The van der Waals surface area contributed by atoms with Crippen molar-refractivity contribution in [2.24, 2.45) is 11.7 Å². The third-order valence-electron chi connectivity index (χ3n) is 2.92. The SMILES string of the molecule is CC(C)[C@H](N)C(=O)O.O=C(O)CCCCC1CCSSS1. The molecule has 0 radical (unpaired) electrons. The quantitative estimate of drug-likeness (QED) is 0.471. The van der Waals surface area contributed by atoms with Crippen molar-refractivity contribution in [1.29, 1.82) is 0 Å². The summed E-state index contributed by atoms with van der Waals surface area (Å²) in [5.41, 5.74) is 5.16. The van der Waals surface area contributed by atoms with Gasteiger partial charge in [-0.3, -0.25) is 9.59 Å². The van der Waals surface area contributed by atoms with Gasteiger partial charge in [0.2, 0.25) is 0 Å². The predicted octanol–water partition coefficient (Wildman–Crippen LogP) is 3.49. The lowest BCUT2D eigenvalue weighted by atomic mass is 10.1. The zero-order chi connectivity index (χ0) is 16.3. The van der Waals surface area contributed by atoms with Crippen molar-refractivity contribution in [3.63, 3.8) is 0 Å². The third-order valence-corrected chi connectivity index (χ3v) is 7.65. The molecule has 0 saturated carbocycles. The molecule has 1 aliphatic heterocycles. The van der Waals surface area contributed by atoms with Gasteiger partial charge < -0.3 is 15.9 Å². The number of hydrogen-bond acceptors (Lipinski definition) is 6. The maximum Gasteiger partial charge on any atom is 0.320 e. The first-order valence-corrected chi connectivity index (χ1v) is 10.7. The van der Waals surface area contributed by atoms with Crippen molar-refractivity contribution >= 4 is 43.4 Å². The summed E-state index contributed by atoms with van der Waals surface area (Å²) < 4.78 is 0. The first-order valence-electron chi connectivity index (χ1n) is 6.99. The van der Waals surface area contributed by atoms with Crippen LogP contribution in [0.5, 0.6) is 0 Å². The zero-order valence-electron chi connectivity index (χ0n) is 12.5. The van der Waals surface area contributed by atoms with Crippen molar-refractivity contribution in [2.45, 2.75) is 57.2 Å². The van der Waals surface area contributed by atoms with Gasteiger partial charge in [-0.25, -0.2) is 0 Å². The number of carboxylic acids is 2. The van der Waals surface area contributed by atoms with Crippen LogP contribution in [0.4, 0.5) is 0 Å². The average molecular weight is 356 g/mol. The Morgan fingerprint density at radius 1 is 1.29 bits per heavy atom. The minimum Gasteiger partial charge on any atom is -0.481 e. The van der Waals surface area contributed by atoms with E-state index in [1.807, 2.05) is 31.4 Å². The molecular formula is C13H25NO4S3. The Kier molecular flexibility index (Phi) is 12.5. The van der Waals surface area contributed by atoms with E-state index in [0.29, 0.717) is 6.42 Å². The molecule has 0 aromatic heterocycles. The maximum atomic E-state index is 10.2. The molecule has 1 fully saturated rings. The number of hydrogen-bond donors (Lipinski definition) is 3. The molecule has 2 atom stereocenters. The van der Waals surface area contributed by atoms with E-state index in [4.69, 9.17) is 15.9 Å². The van der Waals surface area contributed by atoms with Gasteiger partial charge in [0, 0.05) is 17.4 Å². The highest BCUT2D eigenvalue weighted by Crippen LogP contribution is 2.45. The first-order chi connectivity index (χ1) is 9.84. The van der Waals surface area contributed by atoms with Crippen LogP contribution in [0, 0.1) is 5.92 Å². The molecule has 4 N–H and O–H groups in total. The molecule has 124 valence electrons. The van der Waals surface area contributed by atoms with Crippen LogP contribution in [0.25, 0.3) is 0 Å². The highest BCUT2D eigenvalue weighted by Gasteiger charge is 2.15. The lowest BCUT2D eigenvalue weighted by Crippen LogP contribution is -2.34. The van der Waals surface area contributed by atoms with E-state index in [2.05, 4.69) is 0 Å². The summed E-state index contributed by atoms with van der Waals surface area (Å²) in [7, 11) is 5.77. The summed E-state index contributed by atoms with van der Waals surface area (Å²) >= 11 is 0. The fourth-order valence-corrected chi connectivity index (χ4v) is 6.40. The van der Waals surface area contributed by atoms with E-state index in [1.165, 1.54) is 18.6 Å². The van der Waals surface area contributed by atoms with Crippen LogP contribution in [0.15, 0.2) is 0 Å². The summed E-state index contributed by atoms with van der Waals surface area (Å²) in [5, 5.41) is 17.4. The topological polar surface area (TPSA) is 101 Å². The molecular weight excluding hydrogens is 330 g/mol. The number of aliphatic carboxylic acids is 2. The summed E-state index contributed by atoms with van der Waals surface area (Å²) in [6.45, 7) is 3.55. The van der Waals surface area contributed by atoms with Gasteiger partial charge in [0.1, 0.15) is 6.04 Å². The first kappa shape index (κ1) is 20.9. The van der Waals surface area contributed by atoms with Crippen LogP contribution in [-0.2, 0) is 9.59 Å². The van der Waals surface area contributed by atoms with E-state index in [-0.39, 0.29) is 5.92 Å². The van der Waals surface area contributed by atoms with Gasteiger partial charge in [-0.2, -0.15) is 0 Å². The van der Waals surface area contributed by atoms with E-state index in [1.54, 1.807) is 13.8 Å². The van der Waals surface area contributed by atoms with Crippen molar-refractivity contribution < 1.29 is 19.8 Å². The van der Waals surface area contributed by atoms with E-state index in [9.17, 15) is 9.59 Å². The lowest BCUT2D eigenvalue weighted by Gasteiger charge is -2.18. The lowest BCUT2D eigenvalue weighted by molar-refractivity contribution is -0.139. The van der Waals surface area contributed by atoms with Crippen LogP contribution < -0.4 is 5.73 Å². The van der Waals surface area contributed by atoms with Crippen LogP contribution in [-0.4, -0.2) is 39.2 Å². The van der Waals surface area contributed by atoms with E-state index >= 15 is 0 Å². The Bertz CT molecular complexity index is 310. The Morgan fingerprint density at radius 3 is 2.33 bits per heavy atom. The summed E-state index contributed by atoms with van der Waals surface area (Å²) in [5.74, 6) is -0.324. The Balaban J connectivity index is 0.000000433. The molecule has 0 bridgehead atoms. The second-order valence-electron chi connectivity index (χ2n) is 5.14. The third kappa shape index (κ3) is 12.2. The second kappa shape index (κ2) is 12.5. The van der Waals surface area contributed by atoms with Crippen LogP contribution >= 0.6 is 31.4 Å². The second-order valence-corrected chi connectivity index (χ2v) is 9.70. The Hall–Kier alpha value is -0.0500. The van der Waals surface area contributed by atoms with Crippen LogP contribution in [0.1, 0.15) is 46.0 Å². The molecule has 8 heteroatoms. The molecule has 1 aliphatic rings. The van der Waals surface area contributed by atoms with Gasteiger partial charge in [-0.15, -0.1) is 0 Å². The largest absolute Gasteiger partial charge is 0.481 e. The highest BCUT2D eigenvalue weighted by molar-refractivity contribution is 9.09. The fourth-order valence-electron chi connectivity index (χ4n) is 1.47. The molecule has 1 unspecified atom stereocenters. The molecule has 1 saturated heterocycles. The van der Waals surface area contributed by atoms with Crippen LogP contribution in [0.3, 0.4) is 0 Å². The zero-order valence-corrected chi connectivity index (χ0v) is 14.9. The summed E-state index contributed by atoms with van der Waals surface area (Å²) in [6, 6.07) is -0.713. The van der Waals surface area contributed by atoms with Gasteiger partial charge in [0.25, 0.3) is 0 Å². The fraction of sp³-hybridized carbons (Fsp3) is 0.846. The summed E-state index contributed by atoms with van der Waals surface area (Å²) in [4.78, 5) is 20.3. The molecule has 0 aliphatic carbocycles. The number of rotatable bonds is 7. The monoisotopic (exact) mass is 355 g/mol. The smallest absolute Gasteiger partial charge is 0.320 e. The minimum absolute atomic E-state index is 0.0208. The highest BCUT2D eigenvalue weighted by atomic mass is 33.5. The molecule has 1 heterocycles. The number of nitrogens with two attached hydrogens (primary N) is 1. The summed E-state index contributed by atoms with van der Waals surface area (Å²) in [6.07, 6.45) is 4.71. The van der Waals surface area contributed by atoms with Gasteiger partial charge >= 0.3 is 11.9 Å². The van der Waals surface area contributed by atoms with Crippen molar-refractivity contribution in [2.75, 3.05) is 5.75 Å². The van der Waals surface area contributed by atoms with E-state index in [0.717, 1.165) is 18.1 Å². The van der Waals surface area contributed by atoms with Crippen molar-refractivity contribution in [3.8, 4) is 0 Å². The van der Waals surface area contributed by atoms with Gasteiger partial charge in [0.15, 0.2) is 0 Å². The normalized spacial score (nSPS) is 19.5. The van der Waals surface area contributed by atoms with Gasteiger partial charge in [-0.05, 0) is 35.0 Å². The average Bonchev–Trinajstić information content (AvgIpc) is 2.44. The molecule has 5 nitrogen and oxygen atoms in total. The molecule has 0 aromatic carbocycles. The molecule has 0 aromatic rings. The Labute approximate surface area is 138 Å². The van der Waals surface area contributed by atoms with Crippen molar-refractivity contribution in [1.82, 2.24) is 0 Å². The van der Waals surface area contributed by atoms with E-state index < -0.39 is 18.0 Å². The molecule has 0 amide bonds. The minimum atomic E-state index is -0.931. The number of carbonyl (C=O) groups is 2. The molecule has 1 rings (SSSR count). The van der Waals surface area contributed by atoms with Crippen LogP contribution in [0.2, 0.25) is 0 Å². The number of unbranched alkanes of at least 4 members (excludes halogenated alkanes) is 1. The molecule has 0 spiro atoms. The van der Waals surface area contributed by atoms with Gasteiger partial charge in [-0.1, -0.05) is 41.9 Å². The Morgan fingerprint density at radius 2 is 1.95 bits per heavy atom. The predicted molar refractivity (Wildman–Crippen MR) is 92.6 cm³/mol. The standard InChI is InChI=1S/C8H14O2S3.C5H11NO2/c9-8(10)4-2-1-3-7-5-6-11-13-12-7;1-3(2)4(6)5(7)8/h7H,1-6H2,(H,9,10);3-4H,6H2,1-2H3,(H,7,8)/t;4-/m.0/s1. The number of carboxylic acid groups (broad SMARTS) is 2. The maximum absolute atomic E-state index is 10.2. The van der Waals surface area contributed by atoms with Crippen molar-refractivity contribution in [3.05, 3.63) is 0 Å². The molecule has 21 heavy (non-hydrogen) atoms.